The van der Waals surface area contributed by atoms with Crippen LogP contribution >= 0.6 is 0 Å². The third-order valence-corrected chi connectivity index (χ3v) is 3.87. The molecule has 3 rings (SSSR count). The number of carboxylic acids is 1. The predicted octanol–water partition coefficient (Wildman–Crippen LogP) is 2.23. The van der Waals surface area contributed by atoms with Crippen molar-refractivity contribution in [1.82, 2.24) is 9.88 Å². The van der Waals surface area contributed by atoms with Crippen LogP contribution in [0.4, 0.5) is 0 Å². The van der Waals surface area contributed by atoms with Crippen molar-refractivity contribution < 1.29 is 14.7 Å². The lowest BCUT2D eigenvalue weighted by molar-refractivity contribution is -0.141. The van der Waals surface area contributed by atoms with Crippen LogP contribution in [0.5, 0.6) is 0 Å². The van der Waals surface area contributed by atoms with E-state index in [-0.39, 0.29) is 5.91 Å². The van der Waals surface area contributed by atoms with Crippen molar-refractivity contribution in [3.8, 4) is 0 Å². The fourth-order valence-electron chi connectivity index (χ4n) is 2.91. The van der Waals surface area contributed by atoms with Gasteiger partial charge in [-0.2, -0.15) is 0 Å². The molecule has 1 aromatic carbocycles. The van der Waals surface area contributed by atoms with Crippen molar-refractivity contribution in [2.75, 3.05) is 6.54 Å². The first-order valence-electron chi connectivity index (χ1n) is 6.98. The van der Waals surface area contributed by atoms with E-state index in [1.54, 1.807) is 6.07 Å². The first-order valence-corrected chi connectivity index (χ1v) is 6.98. The van der Waals surface area contributed by atoms with Gasteiger partial charge in [0.05, 0.1) is 11.1 Å². The molecule has 0 bridgehead atoms. The Bertz CT molecular complexity index is 727. The number of pyridine rings is 1. The number of fused-ring (bicyclic) bond motifs is 1. The van der Waals surface area contributed by atoms with Crippen LogP contribution in [0.1, 0.15) is 28.9 Å². The summed E-state index contributed by atoms with van der Waals surface area (Å²) in [7, 11) is 0. The summed E-state index contributed by atoms with van der Waals surface area (Å²) < 4.78 is 0. The van der Waals surface area contributed by atoms with E-state index in [2.05, 4.69) is 4.98 Å². The molecule has 1 aromatic heterocycles. The number of carbonyl (C=O) groups is 2. The highest BCUT2D eigenvalue weighted by atomic mass is 16.4. The highest BCUT2D eigenvalue weighted by Crippen LogP contribution is 2.24. The molecule has 1 aliphatic rings. The predicted molar refractivity (Wildman–Crippen MR) is 78.2 cm³/mol. The van der Waals surface area contributed by atoms with Gasteiger partial charge < -0.3 is 10.0 Å². The Morgan fingerprint density at radius 2 is 2.10 bits per heavy atom. The van der Waals surface area contributed by atoms with Crippen LogP contribution in [0.15, 0.2) is 30.3 Å². The molecule has 1 amide bonds. The molecule has 2 heterocycles. The summed E-state index contributed by atoms with van der Waals surface area (Å²) in [5, 5.41) is 10.0. The fraction of sp³-hybridized carbons (Fsp3) is 0.312. The molecule has 1 aliphatic heterocycles. The number of para-hydroxylation sites is 1. The van der Waals surface area contributed by atoms with E-state index in [1.165, 1.54) is 4.90 Å². The van der Waals surface area contributed by atoms with Gasteiger partial charge in [0.15, 0.2) is 0 Å². The Labute approximate surface area is 122 Å². The minimum Gasteiger partial charge on any atom is -0.480 e. The lowest BCUT2D eigenvalue weighted by atomic mass is 10.1. The summed E-state index contributed by atoms with van der Waals surface area (Å²) in [6, 6.07) is 8.46. The van der Waals surface area contributed by atoms with E-state index in [1.807, 2.05) is 31.2 Å². The summed E-state index contributed by atoms with van der Waals surface area (Å²) in [4.78, 5) is 29.9. The first kappa shape index (κ1) is 13.5. The van der Waals surface area contributed by atoms with Crippen molar-refractivity contribution in [1.29, 1.82) is 0 Å². The maximum atomic E-state index is 12.8. The summed E-state index contributed by atoms with van der Waals surface area (Å²) in [6.07, 6.45) is 1.24. The molecule has 108 valence electrons. The molecule has 2 aromatic rings. The molecule has 0 spiro atoms. The number of nitrogens with zero attached hydrogens (tertiary/aromatic N) is 2. The van der Waals surface area contributed by atoms with Crippen LogP contribution < -0.4 is 0 Å². The topological polar surface area (TPSA) is 70.5 Å². The third-order valence-electron chi connectivity index (χ3n) is 3.87. The molecule has 0 radical (unpaired) electrons. The second-order valence-electron chi connectivity index (χ2n) is 5.32. The summed E-state index contributed by atoms with van der Waals surface area (Å²) in [6.45, 7) is 2.33. The number of carbonyl (C=O) groups excluding carboxylic acids is 1. The average molecular weight is 284 g/mol. The van der Waals surface area contributed by atoms with E-state index >= 15 is 0 Å². The maximum Gasteiger partial charge on any atom is 0.326 e. The minimum atomic E-state index is -0.934. The highest BCUT2D eigenvalue weighted by Gasteiger charge is 2.35. The zero-order valence-corrected chi connectivity index (χ0v) is 11.7. The number of aliphatic carboxylic acids is 1. The molecule has 0 unspecified atom stereocenters. The molecule has 21 heavy (non-hydrogen) atoms. The second-order valence-corrected chi connectivity index (χ2v) is 5.32. The number of likely N-dealkylation sites (tertiary alicyclic amines) is 1. The Morgan fingerprint density at radius 3 is 2.86 bits per heavy atom. The normalized spacial score (nSPS) is 18.1. The second kappa shape index (κ2) is 5.16. The van der Waals surface area contributed by atoms with Crippen LogP contribution in [0.2, 0.25) is 0 Å². The zero-order chi connectivity index (χ0) is 15.0. The van der Waals surface area contributed by atoms with Crippen LogP contribution in [0, 0.1) is 6.92 Å². The largest absolute Gasteiger partial charge is 0.480 e. The molecule has 5 nitrogen and oxygen atoms in total. The van der Waals surface area contributed by atoms with Gasteiger partial charge in [-0.1, -0.05) is 18.2 Å². The molecule has 1 atom stereocenters. The lowest BCUT2D eigenvalue weighted by Gasteiger charge is -2.22. The number of benzene rings is 1. The number of hydrogen-bond acceptors (Lipinski definition) is 3. The quantitative estimate of drug-likeness (QED) is 0.918. The van der Waals surface area contributed by atoms with Crippen LogP contribution in [-0.2, 0) is 4.79 Å². The van der Waals surface area contributed by atoms with Crippen LogP contribution in [0.3, 0.4) is 0 Å². The first-order chi connectivity index (χ1) is 10.1. The molecule has 0 saturated carbocycles. The van der Waals surface area contributed by atoms with Crippen molar-refractivity contribution >= 4 is 22.8 Å². The summed E-state index contributed by atoms with van der Waals surface area (Å²) in [5.41, 5.74) is 2.04. The van der Waals surface area contributed by atoms with E-state index in [4.69, 9.17) is 0 Å². The Kier molecular flexibility index (Phi) is 3.33. The molecular weight excluding hydrogens is 268 g/mol. The number of amides is 1. The zero-order valence-electron chi connectivity index (χ0n) is 11.7. The number of aromatic nitrogens is 1. The van der Waals surface area contributed by atoms with Crippen molar-refractivity contribution in [2.45, 2.75) is 25.8 Å². The number of aryl methyl sites for hydroxylation is 1. The lowest BCUT2D eigenvalue weighted by Crippen LogP contribution is -2.40. The van der Waals surface area contributed by atoms with Gasteiger partial charge in [0, 0.05) is 17.6 Å². The fourth-order valence-corrected chi connectivity index (χ4v) is 2.91. The minimum absolute atomic E-state index is 0.221. The van der Waals surface area contributed by atoms with Crippen LogP contribution in [0.25, 0.3) is 10.9 Å². The Morgan fingerprint density at radius 1 is 1.33 bits per heavy atom. The van der Waals surface area contributed by atoms with Gasteiger partial charge in [-0.25, -0.2) is 4.79 Å². The van der Waals surface area contributed by atoms with Crippen molar-refractivity contribution in [3.05, 3.63) is 41.6 Å². The van der Waals surface area contributed by atoms with E-state index in [0.29, 0.717) is 18.5 Å². The summed E-state index contributed by atoms with van der Waals surface area (Å²) in [5.74, 6) is -1.16. The molecule has 1 fully saturated rings. The molecule has 0 aliphatic carbocycles. The van der Waals surface area contributed by atoms with Crippen LogP contribution in [-0.4, -0.2) is 39.5 Å². The highest BCUT2D eigenvalue weighted by molar-refractivity contribution is 6.07. The maximum absolute atomic E-state index is 12.8. The van der Waals surface area contributed by atoms with Gasteiger partial charge in [0.25, 0.3) is 5.91 Å². The number of hydrogen-bond donors (Lipinski definition) is 1. The molecule has 1 N–H and O–H groups in total. The SMILES string of the molecule is Cc1cc(C(=O)N2CCC[C@H]2C(=O)O)c2ccccc2n1. The van der Waals surface area contributed by atoms with Gasteiger partial charge in [-0.15, -0.1) is 0 Å². The van der Waals surface area contributed by atoms with Crippen molar-refractivity contribution in [3.63, 3.8) is 0 Å². The van der Waals surface area contributed by atoms with Gasteiger partial charge in [0.1, 0.15) is 6.04 Å². The molecule has 5 heteroatoms. The monoisotopic (exact) mass is 284 g/mol. The smallest absolute Gasteiger partial charge is 0.326 e. The van der Waals surface area contributed by atoms with E-state index in [0.717, 1.165) is 23.0 Å². The van der Waals surface area contributed by atoms with E-state index < -0.39 is 12.0 Å². The summed E-state index contributed by atoms with van der Waals surface area (Å²) >= 11 is 0. The Balaban J connectivity index is 2.07. The number of carboxylic acid groups (broad SMARTS) is 1. The van der Waals surface area contributed by atoms with E-state index in [9.17, 15) is 14.7 Å². The molecular formula is C16H16N2O3. The van der Waals surface area contributed by atoms with Gasteiger partial charge in [-0.3, -0.25) is 9.78 Å². The standard InChI is InChI=1S/C16H16N2O3/c1-10-9-12(11-5-2-3-6-13(11)17-10)15(19)18-8-4-7-14(18)16(20)21/h2-3,5-6,9,14H,4,7-8H2,1H3,(H,20,21)/t14-/m0/s1. The van der Waals surface area contributed by atoms with Gasteiger partial charge in [0.2, 0.25) is 0 Å². The Hall–Kier alpha value is -2.43. The van der Waals surface area contributed by atoms with Crippen molar-refractivity contribution in [2.24, 2.45) is 0 Å². The molecule has 1 saturated heterocycles. The third kappa shape index (κ3) is 2.35. The van der Waals surface area contributed by atoms with Gasteiger partial charge >= 0.3 is 5.97 Å². The average Bonchev–Trinajstić information content (AvgIpc) is 2.95. The van der Waals surface area contributed by atoms with Gasteiger partial charge in [-0.05, 0) is 31.9 Å². The number of rotatable bonds is 2.